The monoisotopic (exact) mass is 497 g/mol. The van der Waals surface area contributed by atoms with Gasteiger partial charge in [0.15, 0.2) is 5.58 Å². The fraction of sp³-hybridized carbons (Fsp3) is 0.250. The van der Waals surface area contributed by atoms with Gasteiger partial charge in [-0.25, -0.2) is 14.6 Å². The molecule has 4 rings (SSSR count). The van der Waals surface area contributed by atoms with E-state index in [-0.39, 0.29) is 30.2 Å². The molecule has 2 amide bonds. The highest BCUT2D eigenvalue weighted by molar-refractivity contribution is 7.99. The highest BCUT2D eigenvalue weighted by Crippen LogP contribution is 2.29. The number of oxazole rings is 1. The average molecular weight is 498 g/mol. The fourth-order valence-corrected chi connectivity index (χ4v) is 4.09. The van der Waals surface area contributed by atoms with E-state index in [2.05, 4.69) is 15.6 Å². The molecular formula is C24H23N3O7S. The number of hydrogen-bond donors (Lipinski definition) is 2. The van der Waals surface area contributed by atoms with Crippen LogP contribution in [0.15, 0.2) is 69.4 Å². The van der Waals surface area contributed by atoms with Crippen molar-refractivity contribution in [3.05, 3.63) is 65.4 Å². The molecule has 0 fully saturated rings. The lowest BCUT2D eigenvalue weighted by Crippen LogP contribution is -2.47. The number of amides is 2. The summed E-state index contributed by atoms with van der Waals surface area (Å²) < 4.78 is 21.3. The lowest BCUT2D eigenvalue weighted by molar-refractivity contribution is -0.141. The van der Waals surface area contributed by atoms with Crippen LogP contribution >= 0.6 is 11.8 Å². The van der Waals surface area contributed by atoms with Gasteiger partial charge in [0.25, 0.3) is 5.22 Å². The van der Waals surface area contributed by atoms with Crippen LogP contribution in [0.2, 0.25) is 0 Å². The highest BCUT2D eigenvalue weighted by atomic mass is 32.2. The number of carbonyl (C=O) groups excluding carboxylic acids is 3. The Balaban J connectivity index is 1.48. The van der Waals surface area contributed by atoms with Crippen LogP contribution in [0.5, 0.6) is 5.75 Å². The maximum atomic E-state index is 12.8. The van der Waals surface area contributed by atoms with Gasteiger partial charge in [-0.1, -0.05) is 36.0 Å². The van der Waals surface area contributed by atoms with E-state index in [1.165, 1.54) is 0 Å². The third-order valence-corrected chi connectivity index (χ3v) is 5.86. The first kappa shape index (κ1) is 24.1. The predicted molar refractivity (Wildman–Crippen MR) is 127 cm³/mol. The van der Waals surface area contributed by atoms with E-state index in [0.29, 0.717) is 27.6 Å². The second kappa shape index (κ2) is 11.0. The standard InChI is InChI=1S/C24H23N3O7S/c1-3-32-22(29)20-17(25-23(30)27-21(20)14-8-10-15(31-2)11-9-14)12-33-19(28)13-35-24-26-16-6-4-5-7-18(16)34-24/h4-11,21H,3,12-13H2,1-2H3,(H2,25,27,30). The van der Waals surface area contributed by atoms with Gasteiger partial charge in [0, 0.05) is 0 Å². The van der Waals surface area contributed by atoms with Gasteiger partial charge in [-0.2, -0.15) is 0 Å². The van der Waals surface area contributed by atoms with Crippen molar-refractivity contribution in [1.29, 1.82) is 0 Å². The second-order valence-corrected chi connectivity index (χ2v) is 8.24. The number of hydrogen-bond acceptors (Lipinski definition) is 9. The van der Waals surface area contributed by atoms with Gasteiger partial charge in [-0.05, 0) is 36.8 Å². The summed E-state index contributed by atoms with van der Waals surface area (Å²) in [6, 6.07) is 12.8. The van der Waals surface area contributed by atoms with Crippen molar-refractivity contribution >= 4 is 40.8 Å². The summed E-state index contributed by atoms with van der Waals surface area (Å²) in [7, 11) is 1.54. The minimum Gasteiger partial charge on any atom is -0.497 e. The summed E-state index contributed by atoms with van der Waals surface area (Å²) >= 11 is 1.09. The molecule has 11 heteroatoms. The maximum absolute atomic E-state index is 12.8. The number of ether oxygens (including phenoxy) is 3. The van der Waals surface area contributed by atoms with Crippen molar-refractivity contribution in [2.45, 2.75) is 18.2 Å². The van der Waals surface area contributed by atoms with Crippen LogP contribution in [0.1, 0.15) is 18.5 Å². The Labute approximate surface area is 205 Å². The Kier molecular flexibility index (Phi) is 7.56. The van der Waals surface area contributed by atoms with Crippen molar-refractivity contribution in [1.82, 2.24) is 15.6 Å². The molecule has 0 aliphatic carbocycles. The zero-order chi connectivity index (χ0) is 24.8. The third kappa shape index (κ3) is 5.75. The molecule has 1 aliphatic rings. The van der Waals surface area contributed by atoms with Crippen LogP contribution in [-0.2, 0) is 19.1 Å². The van der Waals surface area contributed by atoms with Crippen LogP contribution in [-0.4, -0.2) is 49.0 Å². The number of fused-ring (bicyclic) bond motifs is 1. The van der Waals surface area contributed by atoms with Gasteiger partial charge < -0.3 is 29.3 Å². The van der Waals surface area contributed by atoms with Crippen molar-refractivity contribution in [3.8, 4) is 5.75 Å². The summed E-state index contributed by atoms with van der Waals surface area (Å²) in [6.07, 6.45) is 0. The van der Waals surface area contributed by atoms with Gasteiger partial charge >= 0.3 is 18.0 Å². The number of aromatic nitrogens is 1. The fourth-order valence-electron chi connectivity index (χ4n) is 3.46. The van der Waals surface area contributed by atoms with Crippen LogP contribution in [0.25, 0.3) is 11.1 Å². The molecule has 3 aromatic rings. The molecule has 0 bridgehead atoms. The Hall–Kier alpha value is -3.99. The molecule has 10 nitrogen and oxygen atoms in total. The molecule has 0 saturated carbocycles. The van der Waals surface area contributed by atoms with E-state index in [4.69, 9.17) is 18.6 Å². The van der Waals surface area contributed by atoms with Crippen molar-refractivity contribution in [2.24, 2.45) is 0 Å². The second-order valence-electron chi connectivity index (χ2n) is 7.31. The Morgan fingerprint density at radius 3 is 2.60 bits per heavy atom. The molecular weight excluding hydrogens is 474 g/mol. The number of para-hydroxylation sites is 2. The van der Waals surface area contributed by atoms with Gasteiger partial charge in [-0.3, -0.25) is 4.79 Å². The average Bonchev–Trinajstić information content (AvgIpc) is 3.29. The van der Waals surface area contributed by atoms with E-state index in [1.54, 1.807) is 44.4 Å². The number of benzene rings is 2. The van der Waals surface area contributed by atoms with Gasteiger partial charge in [0.2, 0.25) is 0 Å². The van der Waals surface area contributed by atoms with Crippen LogP contribution < -0.4 is 15.4 Å². The predicted octanol–water partition coefficient (Wildman–Crippen LogP) is 3.34. The number of carbonyl (C=O) groups is 3. The number of methoxy groups -OCH3 is 1. The Morgan fingerprint density at radius 2 is 1.89 bits per heavy atom. The summed E-state index contributed by atoms with van der Waals surface area (Å²) in [5.41, 5.74) is 2.24. The van der Waals surface area contributed by atoms with E-state index < -0.39 is 24.0 Å². The van der Waals surface area contributed by atoms with Crippen LogP contribution in [0, 0.1) is 0 Å². The summed E-state index contributed by atoms with van der Waals surface area (Å²) in [6.45, 7) is 1.50. The van der Waals surface area contributed by atoms with Crippen molar-refractivity contribution < 1.29 is 33.0 Å². The molecule has 1 atom stereocenters. The normalized spacial score (nSPS) is 15.4. The highest BCUT2D eigenvalue weighted by Gasteiger charge is 2.34. The Bertz CT molecular complexity index is 1240. The van der Waals surface area contributed by atoms with Gasteiger partial charge in [0.1, 0.15) is 23.6 Å². The molecule has 2 N–H and O–H groups in total. The molecule has 2 aromatic carbocycles. The maximum Gasteiger partial charge on any atom is 0.338 e. The van der Waals surface area contributed by atoms with Crippen molar-refractivity contribution in [3.63, 3.8) is 0 Å². The zero-order valence-corrected chi connectivity index (χ0v) is 19.8. The third-order valence-electron chi connectivity index (χ3n) is 5.06. The summed E-state index contributed by atoms with van der Waals surface area (Å²) in [5.74, 6) is -0.640. The Morgan fingerprint density at radius 1 is 1.11 bits per heavy atom. The topological polar surface area (TPSA) is 129 Å². The number of nitrogens with zero attached hydrogens (tertiary/aromatic N) is 1. The number of esters is 2. The van der Waals surface area contributed by atoms with E-state index in [1.807, 2.05) is 18.2 Å². The number of nitrogens with one attached hydrogen (secondary N) is 2. The molecule has 35 heavy (non-hydrogen) atoms. The zero-order valence-electron chi connectivity index (χ0n) is 19.0. The molecule has 0 spiro atoms. The molecule has 0 saturated heterocycles. The van der Waals surface area contributed by atoms with Crippen LogP contribution in [0.3, 0.4) is 0 Å². The lowest BCUT2D eigenvalue weighted by atomic mass is 9.95. The van der Waals surface area contributed by atoms with Gasteiger partial charge in [0.05, 0.1) is 31.0 Å². The first-order valence-corrected chi connectivity index (χ1v) is 11.7. The minimum atomic E-state index is -0.795. The van der Waals surface area contributed by atoms with E-state index >= 15 is 0 Å². The minimum absolute atomic E-state index is 0.0665. The molecule has 1 aromatic heterocycles. The number of thioether (sulfide) groups is 1. The van der Waals surface area contributed by atoms with Gasteiger partial charge in [-0.15, -0.1) is 0 Å². The smallest absolute Gasteiger partial charge is 0.338 e. The number of rotatable bonds is 9. The van der Waals surface area contributed by atoms with E-state index in [9.17, 15) is 14.4 Å². The van der Waals surface area contributed by atoms with Crippen LogP contribution in [0.4, 0.5) is 4.79 Å². The summed E-state index contributed by atoms with van der Waals surface area (Å²) in [4.78, 5) is 41.8. The number of urea groups is 1. The molecule has 0 radical (unpaired) electrons. The summed E-state index contributed by atoms with van der Waals surface area (Å²) in [5, 5.41) is 5.62. The molecule has 1 unspecified atom stereocenters. The quantitative estimate of drug-likeness (QED) is 0.338. The first-order valence-electron chi connectivity index (χ1n) is 10.7. The van der Waals surface area contributed by atoms with E-state index in [0.717, 1.165) is 11.8 Å². The lowest BCUT2D eigenvalue weighted by Gasteiger charge is -2.29. The molecule has 182 valence electrons. The first-order chi connectivity index (χ1) is 17.0. The largest absolute Gasteiger partial charge is 0.497 e. The molecule has 2 heterocycles. The SMILES string of the molecule is CCOC(=O)C1=C(COC(=O)CSc2nc3ccccc3o2)NC(=O)NC1c1ccc(OC)cc1. The molecule has 1 aliphatic heterocycles. The van der Waals surface area contributed by atoms with Crippen molar-refractivity contribution in [2.75, 3.05) is 26.1 Å².